The Labute approximate surface area is 196 Å². The molecule has 4 heterocycles. The number of hydrogen-bond acceptors (Lipinski definition) is 6. The van der Waals surface area contributed by atoms with Crippen molar-refractivity contribution < 1.29 is 9.53 Å². The van der Waals surface area contributed by atoms with Gasteiger partial charge < -0.3 is 4.74 Å². The molecule has 0 atom stereocenters. The fourth-order valence-electron chi connectivity index (χ4n) is 3.60. The Morgan fingerprint density at radius 3 is 2.79 bits per heavy atom. The molecule has 0 saturated heterocycles. The quantitative estimate of drug-likeness (QED) is 0.394. The predicted molar refractivity (Wildman–Crippen MR) is 124 cm³/mol. The summed E-state index contributed by atoms with van der Waals surface area (Å²) in [6.07, 6.45) is 8.70. The van der Waals surface area contributed by atoms with Crippen LogP contribution in [0.15, 0.2) is 49.2 Å². The van der Waals surface area contributed by atoms with Gasteiger partial charge in [-0.25, -0.2) is 19.7 Å². The van der Waals surface area contributed by atoms with E-state index in [1.54, 1.807) is 27.7 Å². The van der Waals surface area contributed by atoms with Crippen molar-refractivity contribution in [2.45, 2.75) is 51.7 Å². The molecule has 170 valence electrons. The van der Waals surface area contributed by atoms with Crippen molar-refractivity contribution in [2.75, 3.05) is 4.90 Å². The largest absolute Gasteiger partial charge is 0.443 e. The fourth-order valence-corrected chi connectivity index (χ4v) is 3.78. The van der Waals surface area contributed by atoms with Crippen molar-refractivity contribution >= 4 is 29.2 Å². The number of carbonyl (C=O) groups excluding carboxylic acids is 1. The van der Waals surface area contributed by atoms with Gasteiger partial charge in [-0.2, -0.15) is 9.61 Å². The molecular formula is C23H24ClN7O2. The standard InChI is InChI=1S/C23H24ClN7O2/c1-23(2,3)33-22(32)30(13-16-12-29(14-26-16)19-6-4-5-9-25-19)20-10-18(24)28-21-17(15-7-8-15)11-27-31(20)21/h4-6,9-12,14-15H,7-8,13H2,1-3H3. The maximum absolute atomic E-state index is 13.3. The molecule has 4 aromatic rings. The van der Waals surface area contributed by atoms with E-state index in [4.69, 9.17) is 16.3 Å². The summed E-state index contributed by atoms with van der Waals surface area (Å²) in [7, 11) is 0. The SMILES string of the molecule is CC(C)(C)OC(=O)N(Cc1cn(-c2ccccn2)cn1)c1cc(Cl)nc2c(C3CC3)cnn12. The molecule has 0 aromatic carbocycles. The van der Waals surface area contributed by atoms with Gasteiger partial charge in [-0.1, -0.05) is 17.7 Å². The van der Waals surface area contributed by atoms with Crippen molar-refractivity contribution in [2.24, 2.45) is 0 Å². The lowest BCUT2D eigenvalue weighted by molar-refractivity contribution is 0.0575. The minimum atomic E-state index is -0.679. The molecule has 1 fully saturated rings. The first-order valence-electron chi connectivity index (χ1n) is 10.8. The van der Waals surface area contributed by atoms with E-state index < -0.39 is 11.7 Å². The molecule has 0 bridgehead atoms. The molecule has 0 unspecified atom stereocenters. The van der Waals surface area contributed by atoms with E-state index in [-0.39, 0.29) is 11.7 Å². The molecular weight excluding hydrogens is 442 g/mol. The van der Waals surface area contributed by atoms with Crippen LogP contribution in [-0.2, 0) is 11.3 Å². The molecule has 9 nitrogen and oxygen atoms in total. The summed E-state index contributed by atoms with van der Waals surface area (Å²) in [5.74, 6) is 1.64. The second-order valence-electron chi connectivity index (χ2n) is 9.07. The maximum Gasteiger partial charge on any atom is 0.416 e. The average molecular weight is 466 g/mol. The molecule has 0 spiro atoms. The molecule has 1 amide bonds. The maximum atomic E-state index is 13.3. The van der Waals surface area contributed by atoms with Crippen LogP contribution < -0.4 is 4.90 Å². The minimum absolute atomic E-state index is 0.156. The smallest absolute Gasteiger partial charge is 0.416 e. The zero-order valence-electron chi connectivity index (χ0n) is 18.6. The number of nitrogens with zero attached hydrogens (tertiary/aromatic N) is 7. The van der Waals surface area contributed by atoms with Gasteiger partial charge in [-0.15, -0.1) is 0 Å². The third kappa shape index (κ3) is 4.54. The van der Waals surface area contributed by atoms with Gasteiger partial charge in [0, 0.05) is 24.0 Å². The highest BCUT2D eigenvalue weighted by molar-refractivity contribution is 6.29. The van der Waals surface area contributed by atoms with Crippen LogP contribution >= 0.6 is 11.6 Å². The fraction of sp³-hybridized carbons (Fsp3) is 0.348. The van der Waals surface area contributed by atoms with Gasteiger partial charge in [0.2, 0.25) is 0 Å². The van der Waals surface area contributed by atoms with Crippen LogP contribution in [0.5, 0.6) is 0 Å². The van der Waals surface area contributed by atoms with Gasteiger partial charge >= 0.3 is 6.09 Å². The second-order valence-corrected chi connectivity index (χ2v) is 9.46. The Bertz CT molecular complexity index is 1310. The Hall–Kier alpha value is -3.46. The number of carbonyl (C=O) groups is 1. The summed E-state index contributed by atoms with van der Waals surface area (Å²) >= 11 is 6.39. The lowest BCUT2D eigenvalue weighted by atomic mass is 10.2. The number of rotatable bonds is 5. The molecule has 33 heavy (non-hydrogen) atoms. The van der Waals surface area contributed by atoms with Crippen LogP contribution in [0.1, 0.15) is 50.8 Å². The number of amides is 1. The van der Waals surface area contributed by atoms with Gasteiger partial charge in [-0.3, -0.25) is 9.47 Å². The summed E-state index contributed by atoms with van der Waals surface area (Å²) in [5.41, 5.74) is 1.68. The number of halogens is 1. The number of aromatic nitrogens is 6. The first-order chi connectivity index (χ1) is 15.8. The van der Waals surface area contributed by atoms with Crippen molar-refractivity contribution in [3.63, 3.8) is 0 Å². The lowest BCUT2D eigenvalue weighted by Gasteiger charge is -2.27. The van der Waals surface area contributed by atoms with Gasteiger partial charge in [-0.05, 0) is 51.7 Å². The number of imidazole rings is 1. The van der Waals surface area contributed by atoms with Crippen LogP contribution in [0.4, 0.5) is 10.6 Å². The number of hydrogen-bond donors (Lipinski definition) is 0. The van der Waals surface area contributed by atoms with E-state index in [1.807, 2.05) is 51.4 Å². The number of anilines is 1. The molecule has 10 heteroatoms. The van der Waals surface area contributed by atoms with E-state index in [0.29, 0.717) is 23.1 Å². The number of fused-ring (bicyclic) bond motifs is 1. The Kier molecular flexibility index (Phi) is 5.28. The number of pyridine rings is 1. The topological polar surface area (TPSA) is 90.4 Å². The zero-order valence-corrected chi connectivity index (χ0v) is 19.4. The normalized spacial score (nSPS) is 13.9. The van der Waals surface area contributed by atoms with Crippen molar-refractivity contribution in [3.05, 3.63) is 65.6 Å². The summed E-state index contributed by atoms with van der Waals surface area (Å²) in [6, 6.07) is 7.26. The summed E-state index contributed by atoms with van der Waals surface area (Å²) in [4.78, 5) is 28.1. The first-order valence-corrected chi connectivity index (χ1v) is 11.2. The number of ether oxygens (including phenoxy) is 1. The molecule has 4 aromatic heterocycles. The molecule has 0 N–H and O–H groups in total. The van der Waals surface area contributed by atoms with Gasteiger partial charge in [0.25, 0.3) is 0 Å². The minimum Gasteiger partial charge on any atom is -0.443 e. The molecule has 0 aliphatic heterocycles. The van der Waals surface area contributed by atoms with Crippen LogP contribution in [0, 0.1) is 0 Å². The average Bonchev–Trinajstić information content (AvgIpc) is 3.34. The Balaban J connectivity index is 1.55. The van der Waals surface area contributed by atoms with Gasteiger partial charge in [0.15, 0.2) is 5.65 Å². The second kappa shape index (κ2) is 8.15. The van der Waals surface area contributed by atoms with E-state index in [2.05, 4.69) is 20.1 Å². The first kappa shape index (κ1) is 21.4. The monoisotopic (exact) mass is 465 g/mol. The summed E-state index contributed by atoms with van der Waals surface area (Å²) in [6.45, 7) is 5.64. The van der Waals surface area contributed by atoms with Crippen molar-refractivity contribution in [3.8, 4) is 5.82 Å². The molecule has 0 radical (unpaired) electrons. The van der Waals surface area contributed by atoms with E-state index in [1.165, 1.54) is 4.90 Å². The van der Waals surface area contributed by atoms with Crippen LogP contribution in [0.25, 0.3) is 11.5 Å². The van der Waals surface area contributed by atoms with Gasteiger partial charge in [0.05, 0.1) is 18.4 Å². The third-order valence-corrected chi connectivity index (χ3v) is 5.42. The Morgan fingerprint density at radius 1 is 1.27 bits per heavy atom. The highest BCUT2D eigenvalue weighted by atomic mass is 35.5. The summed E-state index contributed by atoms with van der Waals surface area (Å²) < 4.78 is 9.16. The van der Waals surface area contributed by atoms with E-state index >= 15 is 0 Å². The molecule has 1 saturated carbocycles. The Morgan fingerprint density at radius 2 is 2.09 bits per heavy atom. The van der Waals surface area contributed by atoms with Crippen LogP contribution in [-0.4, -0.2) is 40.8 Å². The van der Waals surface area contributed by atoms with Crippen LogP contribution in [0.3, 0.4) is 0 Å². The van der Waals surface area contributed by atoms with Crippen LogP contribution in [0.2, 0.25) is 5.15 Å². The van der Waals surface area contributed by atoms with E-state index in [0.717, 1.165) is 24.2 Å². The van der Waals surface area contributed by atoms with Crippen molar-refractivity contribution in [1.29, 1.82) is 0 Å². The van der Waals surface area contributed by atoms with E-state index in [9.17, 15) is 4.79 Å². The molecule has 5 rings (SSSR count). The van der Waals surface area contributed by atoms with Gasteiger partial charge in [0.1, 0.15) is 28.7 Å². The highest BCUT2D eigenvalue weighted by Gasteiger charge is 2.31. The predicted octanol–water partition coefficient (Wildman–Crippen LogP) is 4.78. The molecule has 1 aliphatic rings. The third-order valence-electron chi connectivity index (χ3n) is 5.23. The summed E-state index contributed by atoms with van der Waals surface area (Å²) in [5, 5.41) is 4.81. The lowest BCUT2D eigenvalue weighted by Crippen LogP contribution is -2.37. The molecule has 1 aliphatic carbocycles. The zero-order chi connectivity index (χ0) is 23.2. The van der Waals surface area contributed by atoms with Crippen molar-refractivity contribution in [1.82, 2.24) is 29.1 Å². The highest BCUT2D eigenvalue weighted by Crippen LogP contribution is 2.42.